The zero-order valence-electron chi connectivity index (χ0n) is 93.4. The lowest BCUT2D eigenvalue weighted by Crippen LogP contribution is -2.40. The molecule has 0 atom stereocenters. The largest absolute Gasteiger partial charge is 0.573 e. The zero-order valence-corrected chi connectivity index (χ0v) is 94.9. The van der Waals surface area contributed by atoms with E-state index >= 15 is 0 Å². The van der Waals surface area contributed by atoms with E-state index in [1.54, 1.807) is 74.0 Å². The molecule has 826 valence electrons. The van der Waals surface area contributed by atoms with Crippen LogP contribution in [0.25, 0.3) is 0 Å². The minimum absolute atomic E-state index is 0.00792. The Morgan fingerprint density at radius 2 is 0.793 bits per heavy atom. The van der Waals surface area contributed by atoms with Gasteiger partial charge in [-0.1, -0.05) is 274 Å². The molecule has 0 radical (unpaired) electrons. The van der Waals surface area contributed by atoms with Gasteiger partial charge in [0.2, 0.25) is 0 Å². The van der Waals surface area contributed by atoms with Crippen LogP contribution in [0, 0.1) is 72.8 Å². The number of alkyl halides is 9. The monoisotopic (exact) mass is 2150 g/mol. The summed E-state index contributed by atoms with van der Waals surface area (Å²) in [5.41, 5.74) is 11.8. The number of rotatable bonds is 17. The Hall–Kier alpha value is -11.2. The van der Waals surface area contributed by atoms with Crippen LogP contribution in [0.5, 0.6) is 11.5 Å². The van der Waals surface area contributed by atoms with Crippen molar-refractivity contribution in [1.82, 2.24) is 34.5 Å². The molecule has 4 aromatic heterocycles. The Labute approximate surface area is 893 Å². The van der Waals surface area contributed by atoms with Crippen molar-refractivity contribution < 1.29 is 84.5 Å². The summed E-state index contributed by atoms with van der Waals surface area (Å²) in [5, 5.41) is 14.1. The fraction of sp³-hybridized carbons (Fsp3) is 0.446. The molecule has 1 fully saturated rings. The van der Waals surface area contributed by atoms with Gasteiger partial charge in [-0.05, 0) is 267 Å². The van der Waals surface area contributed by atoms with Crippen molar-refractivity contribution in [2.24, 2.45) is 7.05 Å². The summed E-state index contributed by atoms with van der Waals surface area (Å²) in [6.07, 6.45) is -4.95. The molecule has 1 aliphatic rings. The standard InChI is InChI=1S/C12H18FN.2C10H10F4.C10H11F3O.C10H10FN.C10H13FO.C10H15N.C9H10ClF.C9H11Cl.C9H13N.C8H10FN.C7H12N2.C7H15NO/c1-9(2)12-10(8-14(3)4)6-5-7-11(12)13;2*1-6(2)9-7(10(12,13)14)4-3-5-8(9)11;1-7(2)8-5-3-4-6-9(8)14-10(11,12)13;1-7(2)10-8(6-12)4-3-5-9(10)11;1-7(2)10-8(11)5-4-6-9(10)12-3;1-7(2)10-5-8(3)11-9(4)6-10;1-6(2)9-7(10)4-3-5-8(9)11;1-7(2)8-5-3-4-6-9(8)10;1-7(2)9-5-4-6-10-8(9)3;1-6(2)7-3-4-10-5-8(7)9;1-6(2)7-4-8-9(3)5-7;1-7(2)8-3-5-9-6-4-8/h5-7,9H,8H2,1-4H3;2*3-6H,1-2H3;3-7H,1-2H3;3-5,7H,1-2H3;4-7H,1-3H3;5-7H,1-4H3;3-6H,1-2H3;3-7H,1-2H3;4-7H,1-3H3;3-6H,1-2H3;4-6H,1-3H3;7H,3-6H2,1-2H3. The number of halogens is 18. The highest BCUT2D eigenvalue weighted by Crippen LogP contribution is 2.40. The highest BCUT2D eigenvalue weighted by atomic mass is 35.5. The van der Waals surface area contributed by atoms with E-state index in [0.717, 1.165) is 108 Å². The van der Waals surface area contributed by atoms with Gasteiger partial charge in [-0.3, -0.25) is 24.5 Å². The minimum Gasteiger partial charge on any atom is -0.496 e. The lowest BCUT2D eigenvalue weighted by Gasteiger charge is -2.29. The molecule has 0 spiro atoms. The first-order valence-corrected chi connectivity index (χ1v) is 51.0. The van der Waals surface area contributed by atoms with Gasteiger partial charge in [0.1, 0.15) is 52.2 Å². The van der Waals surface area contributed by atoms with E-state index in [1.165, 1.54) is 92.5 Å². The van der Waals surface area contributed by atoms with Gasteiger partial charge in [0.15, 0.2) is 0 Å². The predicted octanol–water partition coefficient (Wildman–Crippen LogP) is 37.4. The van der Waals surface area contributed by atoms with Crippen molar-refractivity contribution in [2.45, 2.75) is 303 Å². The van der Waals surface area contributed by atoms with Gasteiger partial charge in [0, 0.05) is 106 Å². The first-order chi connectivity index (χ1) is 69.8. The number of morpholine rings is 1. The molecular weight excluding hydrogens is 1990 g/mol. The molecule has 1 saturated heterocycles. The van der Waals surface area contributed by atoms with Gasteiger partial charge in [-0.2, -0.15) is 36.7 Å². The molecular formula is C121H158Cl2F16N8O3. The zero-order chi connectivity index (χ0) is 115. The normalized spacial score (nSPS) is 11.7. The summed E-state index contributed by atoms with van der Waals surface area (Å²) in [5.74, 6) is 0.132. The summed E-state index contributed by atoms with van der Waals surface area (Å²) in [7, 11) is 7.48. The highest BCUT2D eigenvalue weighted by Gasteiger charge is 2.37. The van der Waals surface area contributed by atoms with Gasteiger partial charge in [-0.25, -0.2) is 30.7 Å². The smallest absolute Gasteiger partial charge is 0.496 e. The average molecular weight is 2150 g/mol. The number of benzene rings is 8. The summed E-state index contributed by atoms with van der Waals surface area (Å²) in [4.78, 5) is 16.7. The van der Waals surface area contributed by atoms with Crippen molar-refractivity contribution >= 4 is 23.2 Å². The molecule has 0 aliphatic carbocycles. The highest BCUT2D eigenvalue weighted by molar-refractivity contribution is 6.31. The fourth-order valence-electron chi connectivity index (χ4n) is 15.1. The van der Waals surface area contributed by atoms with E-state index in [2.05, 4.69) is 135 Å². The van der Waals surface area contributed by atoms with Gasteiger partial charge < -0.3 is 19.1 Å². The lowest BCUT2D eigenvalue weighted by molar-refractivity contribution is -0.275. The summed E-state index contributed by atoms with van der Waals surface area (Å²) in [6.45, 7) is 62.0. The van der Waals surface area contributed by atoms with Crippen molar-refractivity contribution in [2.75, 3.05) is 47.5 Å². The van der Waals surface area contributed by atoms with Gasteiger partial charge in [0.25, 0.3) is 0 Å². The maximum absolute atomic E-state index is 13.5. The Kier molecular flexibility index (Phi) is 62.7. The molecule has 0 amide bonds. The lowest BCUT2D eigenvalue weighted by atomic mass is 9.96. The number of pyridine rings is 3. The number of methoxy groups -OCH3 is 1. The van der Waals surface area contributed by atoms with Crippen LogP contribution in [0.2, 0.25) is 10.0 Å². The average Bonchev–Trinajstić information content (AvgIpc) is 1.07. The van der Waals surface area contributed by atoms with Crippen molar-refractivity contribution in [3.63, 3.8) is 0 Å². The van der Waals surface area contributed by atoms with Gasteiger partial charge in [0.05, 0.1) is 55.5 Å². The Morgan fingerprint density at radius 3 is 1.12 bits per heavy atom. The van der Waals surface area contributed by atoms with Crippen LogP contribution in [0.3, 0.4) is 0 Å². The number of nitriles is 1. The molecule has 0 N–H and O–H groups in total. The number of hydrogen-bond donors (Lipinski definition) is 0. The number of aromatic nitrogens is 5. The van der Waals surface area contributed by atoms with Crippen LogP contribution in [0.1, 0.15) is 357 Å². The van der Waals surface area contributed by atoms with E-state index < -0.39 is 53.3 Å². The quantitative estimate of drug-likeness (QED) is 0.0817. The molecule has 0 unspecified atom stereocenters. The van der Waals surface area contributed by atoms with Crippen molar-refractivity contribution in [1.29, 1.82) is 5.26 Å². The Morgan fingerprint density at radius 1 is 0.400 bits per heavy atom. The van der Waals surface area contributed by atoms with Crippen molar-refractivity contribution in [3.8, 4) is 17.6 Å². The van der Waals surface area contributed by atoms with Crippen LogP contribution >= 0.6 is 23.2 Å². The second kappa shape index (κ2) is 68.7. The number of aryl methyl sites for hydroxylation is 4. The van der Waals surface area contributed by atoms with Gasteiger partial charge in [-0.15, -0.1) is 13.2 Å². The molecule has 8 aromatic carbocycles. The molecule has 5 heterocycles. The van der Waals surface area contributed by atoms with E-state index in [4.69, 9.17) is 37.9 Å². The third kappa shape index (κ3) is 50.9. The second-order valence-electron chi connectivity index (χ2n) is 39.7. The van der Waals surface area contributed by atoms with Gasteiger partial charge >= 0.3 is 18.7 Å². The number of nitrogens with zero attached hydrogens (tertiary/aromatic N) is 8. The molecule has 0 bridgehead atoms. The van der Waals surface area contributed by atoms with Crippen LogP contribution in [0.15, 0.2) is 219 Å². The molecule has 0 saturated carbocycles. The molecule has 11 nitrogen and oxygen atoms in total. The van der Waals surface area contributed by atoms with Crippen LogP contribution in [-0.4, -0.2) is 94.4 Å². The Bertz CT molecular complexity index is 5690. The van der Waals surface area contributed by atoms with E-state index in [1.807, 2.05) is 178 Å². The van der Waals surface area contributed by atoms with Crippen LogP contribution < -0.4 is 9.47 Å². The SMILES string of the molecule is CC(C)N1CCOCC1.CC(C)c1c(F)cccc1C#N.CC(C)c1c(F)cccc1C(F)(F)F.CC(C)c1c(F)cccc1C(F)(F)F.CC(C)c1c(F)cccc1CN(C)C.CC(C)c1c(F)cccc1Cl.CC(C)c1ccccc1Cl.CC(C)c1ccccc1OC(F)(F)F.CC(C)c1ccncc1F.CC(C)c1cnn(C)c1.COc1cccc(F)c1C(C)C.Cc1cc(C(C)C)cc(C)n1.Cc1ncccc1C(C)C. The van der Waals surface area contributed by atoms with E-state index in [9.17, 15) is 70.2 Å². The molecule has 13 rings (SSSR count). The number of para-hydroxylation sites is 1. The summed E-state index contributed by atoms with van der Waals surface area (Å²) < 4.78 is 218. The third-order valence-electron chi connectivity index (χ3n) is 22.5. The maximum atomic E-state index is 13.5. The third-order valence-corrected chi connectivity index (χ3v) is 23.2. The van der Waals surface area contributed by atoms with Crippen LogP contribution in [-0.2, 0) is 30.7 Å². The first kappa shape index (κ1) is 137. The topological polar surface area (TPSA) is 114 Å². The maximum Gasteiger partial charge on any atom is 0.573 e. The van der Waals surface area contributed by atoms with Crippen LogP contribution in [0.4, 0.5) is 70.2 Å². The molecule has 29 heteroatoms. The minimum atomic E-state index is -4.62. The summed E-state index contributed by atoms with van der Waals surface area (Å²) in [6, 6.07) is 52.5. The second-order valence-corrected chi connectivity index (χ2v) is 40.5. The summed E-state index contributed by atoms with van der Waals surface area (Å²) >= 11 is 11.7. The fourth-order valence-corrected chi connectivity index (χ4v) is 15.8. The molecule has 12 aromatic rings. The number of hydrogen-bond acceptors (Lipinski definition) is 10. The van der Waals surface area contributed by atoms with E-state index in [0.29, 0.717) is 68.3 Å². The molecule has 1 aliphatic heterocycles. The molecule has 150 heavy (non-hydrogen) atoms. The predicted molar refractivity (Wildman–Crippen MR) is 583 cm³/mol. The number of ether oxygens (including phenoxy) is 3. The van der Waals surface area contributed by atoms with E-state index in [-0.39, 0.29) is 81.5 Å². The Balaban J connectivity index is 0.000000814. The van der Waals surface area contributed by atoms with Crippen molar-refractivity contribution in [3.05, 3.63) is 376 Å². The first-order valence-electron chi connectivity index (χ1n) is 50.2.